The maximum atomic E-state index is 12.6. The van der Waals surface area contributed by atoms with Crippen LogP contribution in [-0.2, 0) is 21.2 Å². The molecule has 1 aliphatic heterocycles. The molecule has 1 saturated heterocycles. The predicted octanol–water partition coefficient (Wildman–Crippen LogP) is 1.74. The van der Waals surface area contributed by atoms with Crippen LogP contribution in [-0.4, -0.2) is 44.3 Å². The van der Waals surface area contributed by atoms with E-state index in [2.05, 4.69) is 5.32 Å². The molecule has 0 aromatic carbocycles. The summed E-state index contributed by atoms with van der Waals surface area (Å²) in [6.07, 6.45) is 3.90. The van der Waals surface area contributed by atoms with Crippen molar-refractivity contribution < 1.29 is 13.2 Å². The number of amides is 1. The topological polar surface area (TPSA) is 92.5 Å². The van der Waals surface area contributed by atoms with Crippen molar-refractivity contribution in [1.82, 2.24) is 9.62 Å². The van der Waals surface area contributed by atoms with Gasteiger partial charge in [0.1, 0.15) is 4.21 Å². The molecule has 24 heavy (non-hydrogen) atoms. The summed E-state index contributed by atoms with van der Waals surface area (Å²) in [6, 6.07) is 3.35. The second-order valence-corrected chi connectivity index (χ2v) is 9.30. The lowest BCUT2D eigenvalue weighted by atomic mass is 10.2. The Kier molecular flexibility index (Phi) is 8.66. The number of nitrogens with zero attached hydrogens (tertiary/aromatic N) is 1. The SMILES string of the molecule is CC(N)CC(=O)NCCc1ccc(S(=O)(=O)N2CCCCC2)s1.Cl. The molecule has 6 nitrogen and oxygen atoms in total. The Morgan fingerprint density at radius 2 is 2.00 bits per heavy atom. The van der Waals surface area contributed by atoms with E-state index in [-0.39, 0.29) is 24.4 Å². The second kappa shape index (κ2) is 9.72. The van der Waals surface area contributed by atoms with E-state index >= 15 is 0 Å². The van der Waals surface area contributed by atoms with Crippen LogP contribution in [0.3, 0.4) is 0 Å². The fourth-order valence-corrected chi connectivity index (χ4v) is 5.58. The third kappa shape index (κ3) is 6.00. The summed E-state index contributed by atoms with van der Waals surface area (Å²) in [5.41, 5.74) is 5.57. The van der Waals surface area contributed by atoms with Crippen molar-refractivity contribution in [2.45, 2.75) is 49.3 Å². The van der Waals surface area contributed by atoms with Gasteiger partial charge in [-0.1, -0.05) is 6.42 Å². The molecule has 1 amide bonds. The first-order valence-electron chi connectivity index (χ1n) is 8.01. The summed E-state index contributed by atoms with van der Waals surface area (Å²) in [4.78, 5) is 12.5. The molecular weight excluding hydrogens is 370 g/mol. The number of piperidine rings is 1. The molecule has 1 unspecified atom stereocenters. The third-order valence-corrected chi connectivity index (χ3v) is 7.26. The number of halogens is 1. The van der Waals surface area contributed by atoms with E-state index in [1.54, 1.807) is 17.3 Å². The van der Waals surface area contributed by atoms with Crippen LogP contribution in [0.1, 0.15) is 37.5 Å². The predicted molar refractivity (Wildman–Crippen MR) is 99.2 cm³/mol. The molecule has 1 aromatic rings. The van der Waals surface area contributed by atoms with E-state index in [1.807, 2.05) is 6.07 Å². The Labute approximate surface area is 154 Å². The molecule has 1 aromatic heterocycles. The summed E-state index contributed by atoms with van der Waals surface area (Å²) >= 11 is 1.29. The normalized spacial score (nSPS) is 17.1. The average molecular weight is 396 g/mol. The van der Waals surface area contributed by atoms with E-state index in [1.165, 1.54) is 11.3 Å². The first-order valence-corrected chi connectivity index (χ1v) is 10.3. The number of carbonyl (C=O) groups is 1. The number of sulfonamides is 1. The quantitative estimate of drug-likeness (QED) is 0.735. The fraction of sp³-hybridized carbons (Fsp3) is 0.667. The van der Waals surface area contributed by atoms with Crippen LogP contribution in [0, 0.1) is 0 Å². The minimum Gasteiger partial charge on any atom is -0.356 e. The first-order chi connectivity index (χ1) is 10.9. The van der Waals surface area contributed by atoms with Crippen LogP contribution in [0.4, 0.5) is 0 Å². The number of rotatable bonds is 7. The highest BCUT2D eigenvalue weighted by Gasteiger charge is 2.27. The van der Waals surface area contributed by atoms with Crippen LogP contribution in [0.5, 0.6) is 0 Å². The Morgan fingerprint density at radius 1 is 1.33 bits per heavy atom. The van der Waals surface area contributed by atoms with Gasteiger partial charge in [-0.25, -0.2) is 8.42 Å². The van der Waals surface area contributed by atoms with Gasteiger partial charge in [0.05, 0.1) is 0 Å². The highest BCUT2D eigenvalue weighted by Crippen LogP contribution is 2.27. The van der Waals surface area contributed by atoms with Gasteiger partial charge in [0.15, 0.2) is 0 Å². The molecule has 0 saturated carbocycles. The van der Waals surface area contributed by atoms with Crippen molar-refractivity contribution >= 4 is 39.7 Å². The Morgan fingerprint density at radius 3 is 2.62 bits per heavy atom. The lowest BCUT2D eigenvalue weighted by Crippen LogP contribution is -2.35. The van der Waals surface area contributed by atoms with Crippen molar-refractivity contribution in [2.24, 2.45) is 5.73 Å². The molecule has 1 fully saturated rings. The van der Waals surface area contributed by atoms with Crippen molar-refractivity contribution in [1.29, 1.82) is 0 Å². The van der Waals surface area contributed by atoms with E-state index in [0.717, 1.165) is 24.1 Å². The van der Waals surface area contributed by atoms with Gasteiger partial charge in [-0.05, 0) is 38.3 Å². The summed E-state index contributed by atoms with van der Waals surface area (Å²) < 4.78 is 27.1. The highest BCUT2D eigenvalue weighted by molar-refractivity contribution is 7.91. The van der Waals surface area contributed by atoms with Gasteiger partial charge in [0.25, 0.3) is 10.0 Å². The van der Waals surface area contributed by atoms with Crippen LogP contribution in [0.2, 0.25) is 0 Å². The molecule has 0 aliphatic carbocycles. The zero-order valence-corrected chi connectivity index (χ0v) is 16.3. The summed E-state index contributed by atoms with van der Waals surface area (Å²) in [5, 5.41) is 2.80. The van der Waals surface area contributed by atoms with Crippen LogP contribution in [0.15, 0.2) is 16.3 Å². The molecule has 2 rings (SSSR count). The number of thiophene rings is 1. The fourth-order valence-electron chi connectivity index (χ4n) is 2.55. The van der Waals surface area contributed by atoms with Gasteiger partial charge in [-0.3, -0.25) is 4.79 Å². The lowest BCUT2D eigenvalue weighted by Gasteiger charge is -2.25. The zero-order chi connectivity index (χ0) is 16.9. The minimum atomic E-state index is -3.35. The number of carbonyl (C=O) groups excluding carboxylic acids is 1. The van der Waals surface area contributed by atoms with Crippen molar-refractivity contribution in [2.75, 3.05) is 19.6 Å². The third-order valence-electron chi connectivity index (χ3n) is 3.75. The maximum Gasteiger partial charge on any atom is 0.252 e. The van der Waals surface area contributed by atoms with Crippen LogP contribution < -0.4 is 11.1 Å². The minimum absolute atomic E-state index is 0. The highest BCUT2D eigenvalue weighted by atomic mass is 35.5. The molecule has 9 heteroatoms. The molecule has 1 atom stereocenters. The van der Waals surface area contributed by atoms with Crippen molar-refractivity contribution in [3.63, 3.8) is 0 Å². The van der Waals surface area contributed by atoms with Gasteiger partial charge in [-0.2, -0.15) is 4.31 Å². The van der Waals surface area contributed by atoms with E-state index in [4.69, 9.17) is 5.73 Å². The number of nitrogens with two attached hydrogens (primary N) is 1. The summed E-state index contributed by atoms with van der Waals surface area (Å²) in [6.45, 7) is 3.51. The van der Waals surface area contributed by atoms with Crippen LogP contribution in [0.25, 0.3) is 0 Å². The first kappa shape index (κ1) is 21.4. The molecule has 0 bridgehead atoms. The number of nitrogens with one attached hydrogen (secondary N) is 1. The van der Waals surface area contributed by atoms with Crippen molar-refractivity contribution in [3.8, 4) is 0 Å². The Balaban J connectivity index is 0.00000288. The largest absolute Gasteiger partial charge is 0.356 e. The van der Waals surface area contributed by atoms with E-state index in [0.29, 0.717) is 36.7 Å². The van der Waals surface area contributed by atoms with Gasteiger partial charge in [0.2, 0.25) is 5.91 Å². The number of hydrogen-bond acceptors (Lipinski definition) is 5. The monoisotopic (exact) mass is 395 g/mol. The van der Waals surface area contributed by atoms with Gasteiger partial charge < -0.3 is 11.1 Å². The number of hydrogen-bond donors (Lipinski definition) is 2. The molecule has 0 spiro atoms. The maximum absolute atomic E-state index is 12.6. The summed E-state index contributed by atoms with van der Waals surface area (Å²) in [7, 11) is -3.35. The Bertz CT molecular complexity index is 626. The zero-order valence-electron chi connectivity index (χ0n) is 13.9. The van der Waals surface area contributed by atoms with E-state index in [9.17, 15) is 13.2 Å². The van der Waals surface area contributed by atoms with Gasteiger partial charge in [-0.15, -0.1) is 23.7 Å². The lowest BCUT2D eigenvalue weighted by molar-refractivity contribution is -0.121. The molecule has 1 aliphatic rings. The smallest absolute Gasteiger partial charge is 0.252 e. The summed E-state index contributed by atoms with van der Waals surface area (Å²) in [5.74, 6) is -0.0716. The standard InChI is InChI=1S/C15H25N3O3S2.ClH/c1-12(16)11-14(19)17-8-7-13-5-6-15(22-13)23(20,21)18-9-3-2-4-10-18;/h5-6,12H,2-4,7-11,16H2,1H3,(H,17,19);1H. The van der Waals surface area contributed by atoms with Crippen molar-refractivity contribution in [3.05, 3.63) is 17.0 Å². The molecule has 3 N–H and O–H groups in total. The molecule has 0 radical (unpaired) electrons. The van der Waals surface area contributed by atoms with Crippen LogP contribution >= 0.6 is 23.7 Å². The van der Waals surface area contributed by atoms with Gasteiger partial charge in [0, 0.05) is 37.0 Å². The Hall–Kier alpha value is -0.670. The molecule has 2 heterocycles. The average Bonchev–Trinajstić information content (AvgIpc) is 2.97. The van der Waals surface area contributed by atoms with Gasteiger partial charge >= 0.3 is 0 Å². The van der Waals surface area contributed by atoms with E-state index < -0.39 is 10.0 Å². The second-order valence-electron chi connectivity index (χ2n) is 5.97. The molecular formula is C15H26ClN3O3S2. The molecule has 138 valence electrons.